The summed E-state index contributed by atoms with van der Waals surface area (Å²) in [5.74, 6) is -0.443. The SMILES string of the molecule is CCCC(Cc1cccc(F)c1Cl)NC(=O)OC(C)(C)C. The monoisotopic (exact) mass is 315 g/mol. The van der Waals surface area contributed by atoms with Crippen LogP contribution in [0.1, 0.15) is 46.1 Å². The Kier molecular flexibility index (Phi) is 6.46. The van der Waals surface area contributed by atoms with E-state index in [0.29, 0.717) is 12.0 Å². The molecule has 0 saturated heterocycles. The Balaban J connectivity index is 2.73. The molecule has 0 fully saturated rings. The molecular formula is C16H23ClFNO2. The van der Waals surface area contributed by atoms with Crippen LogP contribution in [-0.2, 0) is 11.2 Å². The van der Waals surface area contributed by atoms with E-state index in [-0.39, 0.29) is 11.1 Å². The van der Waals surface area contributed by atoms with Crippen LogP contribution in [0.5, 0.6) is 0 Å². The number of hydrogen-bond donors (Lipinski definition) is 1. The van der Waals surface area contributed by atoms with Crippen LogP contribution >= 0.6 is 11.6 Å². The first kappa shape index (κ1) is 17.8. The third kappa shape index (κ3) is 6.34. The molecular weight excluding hydrogens is 293 g/mol. The first-order chi connectivity index (χ1) is 9.73. The van der Waals surface area contributed by atoms with Gasteiger partial charge in [-0.3, -0.25) is 0 Å². The van der Waals surface area contributed by atoms with Gasteiger partial charge in [0.25, 0.3) is 0 Å². The molecule has 0 radical (unpaired) electrons. The second-order valence-corrected chi connectivity index (χ2v) is 6.43. The van der Waals surface area contributed by atoms with Gasteiger partial charge in [-0.15, -0.1) is 0 Å². The number of halogens is 2. The number of alkyl carbamates (subject to hydrolysis) is 1. The number of ether oxygens (including phenoxy) is 1. The van der Waals surface area contributed by atoms with Crippen molar-refractivity contribution in [3.8, 4) is 0 Å². The van der Waals surface area contributed by atoms with Crippen LogP contribution < -0.4 is 5.32 Å². The Bertz CT molecular complexity index is 486. The number of nitrogens with one attached hydrogen (secondary N) is 1. The first-order valence-corrected chi connectivity index (χ1v) is 7.53. The lowest BCUT2D eigenvalue weighted by Crippen LogP contribution is -2.40. The van der Waals surface area contributed by atoms with Crippen LogP contribution in [0.25, 0.3) is 0 Å². The van der Waals surface area contributed by atoms with Gasteiger partial charge in [-0.05, 0) is 45.2 Å². The Morgan fingerprint density at radius 1 is 1.43 bits per heavy atom. The zero-order valence-electron chi connectivity index (χ0n) is 13.0. The minimum absolute atomic E-state index is 0.115. The van der Waals surface area contributed by atoms with E-state index in [2.05, 4.69) is 5.32 Å². The van der Waals surface area contributed by atoms with Gasteiger partial charge in [-0.2, -0.15) is 0 Å². The molecule has 1 amide bonds. The number of carbonyl (C=O) groups is 1. The van der Waals surface area contributed by atoms with Gasteiger partial charge < -0.3 is 10.1 Å². The summed E-state index contributed by atoms with van der Waals surface area (Å²) in [5.41, 5.74) is 0.142. The van der Waals surface area contributed by atoms with E-state index in [1.165, 1.54) is 6.07 Å². The number of amides is 1. The molecule has 0 saturated carbocycles. The zero-order valence-corrected chi connectivity index (χ0v) is 13.8. The highest BCUT2D eigenvalue weighted by molar-refractivity contribution is 6.31. The van der Waals surface area contributed by atoms with E-state index in [1.807, 2.05) is 27.7 Å². The zero-order chi connectivity index (χ0) is 16.0. The quantitative estimate of drug-likeness (QED) is 0.854. The molecule has 1 unspecified atom stereocenters. The third-order valence-electron chi connectivity index (χ3n) is 2.86. The van der Waals surface area contributed by atoms with Crippen LogP contribution in [0.3, 0.4) is 0 Å². The number of benzene rings is 1. The number of rotatable bonds is 5. The highest BCUT2D eigenvalue weighted by Crippen LogP contribution is 2.22. The molecule has 1 aromatic carbocycles. The Morgan fingerprint density at radius 3 is 2.67 bits per heavy atom. The predicted octanol–water partition coefficient (Wildman–Crippen LogP) is 4.72. The van der Waals surface area contributed by atoms with Crippen molar-refractivity contribution in [2.75, 3.05) is 0 Å². The van der Waals surface area contributed by atoms with Crippen LogP contribution in [0.4, 0.5) is 9.18 Å². The van der Waals surface area contributed by atoms with Crippen molar-refractivity contribution < 1.29 is 13.9 Å². The molecule has 0 heterocycles. The van der Waals surface area contributed by atoms with Crippen LogP contribution in [0, 0.1) is 5.82 Å². The first-order valence-electron chi connectivity index (χ1n) is 7.15. The molecule has 0 aromatic heterocycles. The van der Waals surface area contributed by atoms with E-state index in [1.54, 1.807) is 12.1 Å². The molecule has 0 spiro atoms. The van der Waals surface area contributed by atoms with Gasteiger partial charge in [0.15, 0.2) is 0 Å². The fraction of sp³-hybridized carbons (Fsp3) is 0.562. The summed E-state index contributed by atoms with van der Waals surface area (Å²) in [6.07, 6.45) is 1.68. The van der Waals surface area contributed by atoms with Gasteiger partial charge in [0.1, 0.15) is 11.4 Å². The Hall–Kier alpha value is -1.29. The lowest BCUT2D eigenvalue weighted by atomic mass is 10.0. The molecule has 0 aliphatic rings. The average Bonchev–Trinajstić information content (AvgIpc) is 2.32. The van der Waals surface area contributed by atoms with Crippen molar-refractivity contribution in [3.05, 3.63) is 34.6 Å². The van der Waals surface area contributed by atoms with Crippen molar-refractivity contribution in [1.29, 1.82) is 0 Å². The maximum absolute atomic E-state index is 13.5. The van der Waals surface area contributed by atoms with E-state index >= 15 is 0 Å². The molecule has 0 aliphatic heterocycles. The summed E-state index contributed by atoms with van der Waals surface area (Å²) < 4.78 is 18.7. The van der Waals surface area contributed by atoms with E-state index in [0.717, 1.165) is 12.8 Å². The predicted molar refractivity (Wildman–Crippen MR) is 83.2 cm³/mol. The molecule has 0 bridgehead atoms. The van der Waals surface area contributed by atoms with Crippen molar-refractivity contribution in [2.24, 2.45) is 0 Å². The second-order valence-electron chi connectivity index (χ2n) is 6.05. The summed E-state index contributed by atoms with van der Waals surface area (Å²) in [4.78, 5) is 11.8. The minimum Gasteiger partial charge on any atom is -0.444 e. The molecule has 21 heavy (non-hydrogen) atoms. The molecule has 0 aliphatic carbocycles. The van der Waals surface area contributed by atoms with E-state index in [9.17, 15) is 9.18 Å². The van der Waals surface area contributed by atoms with Crippen molar-refractivity contribution in [3.63, 3.8) is 0 Å². The second kappa shape index (κ2) is 7.64. The smallest absolute Gasteiger partial charge is 0.407 e. The average molecular weight is 316 g/mol. The van der Waals surface area contributed by atoms with Crippen LogP contribution in [0.2, 0.25) is 5.02 Å². The van der Waals surface area contributed by atoms with Gasteiger partial charge >= 0.3 is 6.09 Å². The molecule has 1 rings (SSSR count). The molecule has 118 valence electrons. The van der Waals surface area contributed by atoms with Crippen molar-refractivity contribution in [2.45, 2.75) is 58.6 Å². The van der Waals surface area contributed by atoms with Gasteiger partial charge in [-0.1, -0.05) is 37.1 Å². The fourth-order valence-electron chi connectivity index (χ4n) is 2.02. The molecule has 1 atom stereocenters. The summed E-state index contributed by atoms with van der Waals surface area (Å²) in [5, 5.41) is 2.94. The van der Waals surface area contributed by atoms with Gasteiger partial charge in [0, 0.05) is 6.04 Å². The molecule has 1 aromatic rings. The van der Waals surface area contributed by atoms with E-state index in [4.69, 9.17) is 16.3 Å². The lowest BCUT2D eigenvalue weighted by molar-refractivity contribution is 0.0501. The van der Waals surface area contributed by atoms with E-state index < -0.39 is 17.5 Å². The standard InChI is InChI=1S/C16H23ClFNO2/c1-5-7-12(19-15(20)21-16(2,3)4)10-11-8-6-9-13(18)14(11)17/h6,8-9,12H,5,7,10H2,1-4H3,(H,19,20). The summed E-state index contributed by atoms with van der Waals surface area (Å²) >= 11 is 5.96. The maximum Gasteiger partial charge on any atom is 0.407 e. The number of hydrogen-bond acceptors (Lipinski definition) is 2. The maximum atomic E-state index is 13.5. The highest BCUT2D eigenvalue weighted by Gasteiger charge is 2.20. The summed E-state index contributed by atoms with van der Waals surface area (Å²) in [6.45, 7) is 7.46. The minimum atomic E-state index is -0.544. The highest BCUT2D eigenvalue weighted by atomic mass is 35.5. The molecule has 1 N–H and O–H groups in total. The topological polar surface area (TPSA) is 38.3 Å². The van der Waals surface area contributed by atoms with Gasteiger partial charge in [0.2, 0.25) is 0 Å². The normalized spacial score (nSPS) is 12.9. The van der Waals surface area contributed by atoms with Crippen molar-refractivity contribution >= 4 is 17.7 Å². The van der Waals surface area contributed by atoms with Crippen LogP contribution in [0.15, 0.2) is 18.2 Å². The molecule has 5 heteroatoms. The van der Waals surface area contributed by atoms with Crippen LogP contribution in [-0.4, -0.2) is 17.7 Å². The fourth-order valence-corrected chi connectivity index (χ4v) is 2.22. The lowest BCUT2D eigenvalue weighted by Gasteiger charge is -2.23. The van der Waals surface area contributed by atoms with Gasteiger partial charge in [0.05, 0.1) is 5.02 Å². The third-order valence-corrected chi connectivity index (χ3v) is 3.28. The Morgan fingerprint density at radius 2 is 2.10 bits per heavy atom. The Labute approximate surface area is 130 Å². The van der Waals surface area contributed by atoms with Gasteiger partial charge in [-0.25, -0.2) is 9.18 Å². The summed E-state index contributed by atoms with van der Waals surface area (Å²) in [7, 11) is 0. The van der Waals surface area contributed by atoms with Crippen molar-refractivity contribution in [1.82, 2.24) is 5.32 Å². The largest absolute Gasteiger partial charge is 0.444 e. The summed E-state index contributed by atoms with van der Waals surface area (Å²) in [6, 6.07) is 4.57. The molecule has 3 nitrogen and oxygen atoms in total. The number of carbonyl (C=O) groups excluding carboxylic acids is 1.